The van der Waals surface area contributed by atoms with Crippen molar-refractivity contribution in [3.8, 4) is 17.5 Å². The smallest absolute Gasteiger partial charge is 0.255 e. The zero-order valence-corrected chi connectivity index (χ0v) is 16.8. The quantitative estimate of drug-likeness (QED) is 0.635. The summed E-state index contributed by atoms with van der Waals surface area (Å²) in [6.45, 7) is 1.15. The van der Waals surface area contributed by atoms with Crippen LogP contribution in [0.15, 0.2) is 53.7 Å². The van der Waals surface area contributed by atoms with Crippen molar-refractivity contribution in [1.29, 1.82) is 5.26 Å². The Bertz CT molecular complexity index is 1260. The first-order valence-corrected chi connectivity index (χ1v) is 9.97. The second-order valence-electron chi connectivity index (χ2n) is 7.78. The fourth-order valence-corrected chi connectivity index (χ4v) is 4.41. The van der Waals surface area contributed by atoms with E-state index < -0.39 is 0 Å². The van der Waals surface area contributed by atoms with Crippen LogP contribution in [0.2, 0.25) is 0 Å². The zero-order chi connectivity index (χ0) is 21.5. The molecule has 154 valence electrons. The van der Waals surface area contributed by atoms with E-state index >= 15 is 0 Å². The van der Waals surface area contributed by atoms with E-state index in [0.29, 0.717) is 41.6 Å². The molecule has 0 N–H and O–H groups in total. The number of rotatable bonds is 3. The molecule has 0 saturated carbocycles. The summed E-state index contributed by atoms with van der Waals surface area (Å²) in [6.07, 6.45) is 3.86. The van der Waals surface area contributed by atoms with Gasteiger partial charge in [0.1, 0.15) is 6.33 Å². The van der Waals surface area contributed by atoms with E-state index in [9.17, 15) is 9.59 Å². The molecule has 2 atom stereocenters. The molecule has 3 aromatic rings. The number of piperazine rings is 1. The third-order valence-electron chi connectivity index (χ3n) is 5.95. The largest absolute Gasteiger partial charge is 0.335 e. The lowest BCUT2D eigenvalue weighted by atomic mass is 10.1. The van der Waals surface area contributed by atoms with Gasteiger partial charge < -0.3 is 9.80 Å². The second-order valence-corrected chi connectivity index (χ2v) is 7.78. The summed E-state index contributed by atoms with van der Waals surface area (Å²) in [4.78, 5) is 42.4. The Morgan fingerprint density at radius 1 is 1.16 bits per heavy atom. The molecule has 1 amide bonds. The van der Waals surface area contributed by atoms with E-state index in [-0.39, 0.29) is 23.6 Å². The van der Waals surface area contributed by atoms with Crippen LogP contribution in [0.25, 0.3) is 11.4 Å². The number of nitrogens with zero attached hydrogens (tertiary/aromatic N) is 7. The van der Waals surface area contributed by atoms with Crippen molar-refractivity contribution in [2.45, 2.75) is 18.5 Å². The molecule has 9 heteroatoms. The molecule has 2 aliphatic rings. The predicted molar refractivity (Wildman–Crippen MR) is 112 cm³/mol. The van der Waals surface area contributed by atoms with Crippen LogP contribution < -0.4 is 10.5 Å². The maximum atomic E-state index is 13.0. The Kier molecular flexibility index (Phi) is 4.47. The van der Waals surface area contributed by atoms with Crippen molar-refractivity contribution < 1.29 is 4.79 Å². The molecule has 0 radical (unpaired) electrons. The van der Waals surface area contributed by atoms with Crippen LogP contribution >= 0.6 is 0 Å². The van der Waals surface area contributed by atoms with Crippen LogP contribution in [0.4, 0.5) is 5.95 Å². The van der Waals surface area contributed by atoms with Gasteiger partial charge in [-0.15, -0.1) is 0 Å². The van der Waals surface area contributed by atoms with Gasteiger partial charge >= 0.3 is 0 Å². The number of anilines is 1. The molecule has 0 aliphatic carbocycles. The number of carbonyl (C=O) groups excluding carboxylic acids is 1. The molecule has 9 nitrogen and oxygen atoms in total. The van der Waals surface area contributed by atoms with Gasteiger partial charge in [0.15, 0.2) is 0 Å². The first kappa shape index (κ1) is 18.9. The van der Waals surface area contributed by atoms with Crippen LogP contribution in [-0.4, -0.2) is 55.5 Å². The topological polar surface area (TPSA) is 108 Å². The summed E-state index contributed by atoms with van der Waals surface area (Å²) in [6, 6.07) is 12.2. The fourth-order valence-electron chi connectivity index (χ4n) is 4.41. The number of nitriles is 1. The van der Waals surface area contributed by atoms with Gasteiger partial charge in [0.05, 0.1) is 35.1 Å². The minimum atomic E-state index is -0.164. The molecule has 0 spiro atoms. The molecule has 2 aromatic heterocycles. The number of aromatic nitrogens is 4. The Morgan fingerprint density at radius 3 is 2.74 bits per heavy atom. The van der Waals surface area contributed by atoms with Crippen LogP contribution in [0.5, 0.6) is 0 Å². The lowest BCUT2D eigenvalue weighted by molar-refractivity contribution is 0.0725. The van der Waals surface area contributed by atoms with Gasteiger partial charge in [-0.3, -0.25) is 14.2 Å². The second kappa shape index (κ2) is 7.32. The molecule has 1 aromatic carbocycles. The minimum Gasteiger partial charge on any atom is -0.335 e. The lowest BCUT2D eigenvalue weighted by Gasteiger charge is -2.35. The fraction of sp³-hybridized carbons (Fsp3) is 0.273. The number of benzene rings is 1. The summed E-state index contributed by atoms with van der Waals surface area (Å²) >= 11 is 0. The van der Waals surface area contributed by atoms with E-state index in [1.807, 2.05) is 4.90 Å². The number of hydrogen-bond acceptors (Lipinski definition) is 7. The van der Waals surface area contributed by atoms with Crippen molar-refractivity contribution in [2.75, 3.05) is 18.0 Å². The highest BCUT2D eigenvalue weighted by Gasteiger charge is 2.46. The van der Waals surface area contributed by atoms with Gasteiger partial charge in [-0.05, 0) is 30.7 Å². The lowest BCUT2D eigenvalue weighted by Crippen LogP contribution is -2.50. The number of fused-ring (bicyclic) bond motifs is 2. The van der Waals surface area contributed by atoms with E-state index in [4.69, 9.17) is 10.2 Å². The van der Waals surface area contributed by atoms with E-state index in [1.165, 1.54) is 17.0 Å². The molecular weight excluding hydrogens is 394 g/mol. The molecule has 31 heavy (non-hydrogen) atoms. The molecule has 2 unspecified atom stereocenters. The molecular formula is C22H19N7O2. The van der Waals surface area contributed by atoms with Gasteiger partial charge in [-0.1, -0.05) is 6.07 Å². The Morgan fingerprint density at radius 2 is 2.03 bits per heavy atom. The highest BCUT2D eigenvalue weighted by atomic mass is 16.2. The zero-order valence-electron chi connectivity index (χ0n) is 16.8. The SMILES string of the molecule is Cn1c(N2CC3CC2CN3C(=O)c2cccc(C#N)c2)nc(-c2ccncn2)cc1=O. The number of likely N-dealkylation sites (tertiary alicyclic amines) is 1. The van der Waals surface area contributed by atoms with Crippen LogP contribution in [0.1, 0.15) is 22.3 Å². The van der Waals surface area contributed by atoms with Crippen molar-refractivity contribution >= 4 is 11.9 Å². The van der Waals surface area contributed by atoms with Gasteiger partial charge in [0.2, 0.25) is 5.95 Å². The van der Waals surface area contributed by atoms with Crippen molar-refractivity contribution in [1.82, 2.24) is 24.4 Å². The highest BCUT2D eigenvalue weighted by molar-refractivity contribution is 5.95. The highest BCUT2D eigenvalue weighted by Crippen LogP contribution is 2.34. The molecule has 2 saturated heterocycles. The molecule has 5 rings (SSSR count). The van der Waals surface area contributed by atoms with Gasteiger partial charge in [-0.25, -0.2) is 15.0 Å². The predicted octanol–water partition coefficient (Wildman–Crippen LogP) is 1.21. The summed E-state index contributed by atoms with van der Waals surface area (Å²) in [5.74, 6) is 0.507. The Hall–Kier alpha value is -4.06. The molecule has 2 aliphatic heterocycles. The maximum Gasteiger partial charge on any atom is 0.255 e. The number of hydrogen-bond donors (Lipinski definition) is 0. The first-order chi connectivity index (χ1) is 15.0. The van der Waals surface area contributed by atoms with Crippen molar-refractivity contribution in [3.63, 3.8) is 0 Å². The van der Waals surface area contributed by atoms with Gasteiger partial charge in [0, 0.05) is 38.0 Å². The average Bonchev–Trinajstić information content (AvgIpc) is 3.42. The molecule has 2 bridgehead atoms. The van der Waals surface area contributed by atoms with E-state index in [1.54, 1.807) is 43.6 Å². The van der Waals surface area contributed by atoms with E-state index in [2.05, 4.69) is 20.9 Å². The summed E-state index contributed by atoms with van der Waals surface area (Å²) < 4.78 is 1.54. The van der Waals surface area contributed by atoms with Crippen LogP contribution in [-0.2, 0) is 7.05 Å². The minimum absolute atomic E-state index is 0.0304. The molecule has 4 heterocycles. The first-order valence-electron chi connectivity index (χ1n) is 9.97. The third kappa shape index (κ3) is 3.22. The normalized spacial score (nSPS) is 19.5. The number of carbonyl (C=O) groups is 1. The summed E-state index contributed by atoms with van der Waals surface area (Å²) in [5, 5.41) is 9.10. The van der Waals surface area contributed by atoms with Crippen LogP contribution in [0.3, 0.4) is 0 Å². The van der Waals surface area contributed by atoms with E-state index in [0.717, 1.165) is 6.42 Å². The van der Waals surface area contributed by atoms with Gasteiger partial charge in [0.25, 0.3) is 11.5 Å². The summed E-state index contributed by atoms with van der Waals surface area (Å²) in [7, 11) is 1.71. The van der Waals surface area contributed by atoms with Crippen molar-refractivity contribution in [3.05, 3.63) is 70.4 Å². The van der Waals surface area contributed by atoms with Crippen LogP contribution in [0, 0.1) is 11.3 Å². The Labute approximate surface area is 178 Å². The van der Waals surface area contributed by atoms with Gasteiger partial charge in [-0.2, -0.15) is 5.26 Å². The molecule has 2 fully saturated rings. The average molecular weight is 413 g/mol. The summed E-state index contributed by atoms with van der Waals surface area (Å²) in [5.41, 5.74) is 1.92. The third-order valence-corrected chi connectivity index (χ3v) is 5.95. The number of amides is 1. The Balaban J connectivity index is 1.41. The maximum absolute atomic E-state index is 13.0. The monoisotopic (exact) mass is 413 g/mol. The standard InChI is InChI=1S/C22H19N7O2/c1-27-20(30)9-19(18-5-6-24-13-25-18)26-22(27)29-12-16-8-17(29)11-28(16)21(31)15-4-2-3-14(7-15)10-23/h2-7,9,13,16-17H,8,11-12H2,1H3. The van der Waals surface area contributed by atoms with Crippen molar-refractivity contribution in [2.24, 2.45) is 7.05 Å².